The van der Waals surface area contributed by atoms with Crippen LogP contribution in [0.1, 0.15) is 165 Å². The van der Waals surface area contributed by atoms with Crippen LogP contribution in [0, 0.1) is 41.4 Å². The molecule has 2 aliphatic heterocycles. The Kier molecular flexibility index (Phi) is 32.8. The van der Waals surface area contributed by atoms with Gasteiger partial charge in [-0.25, -0.2) is 0 Å². The minimum absolute atomic E-state index is 0.0824. The standard InChI is InChI=1S/C59H105N3O18/c1-33(17-14-12-13-15-24-62-58(60)61-10)25-38(6)55-37(5)19-16-18-36(4)54(73)40(8)48(67)27-42(63)26-43(78-53(72)31-52(71)77-11)28-44-29-50(69)56(74)59(76,80-44)32-51(70)35(3)21-22-45(64)39(7)49(68)30-47(66)34(2)20-23-46(65)41(9)57(75)79-55/h17-18,20,23,34-35,37-51,54-56,63-70,73-74,76H,12-16,19,21-22,24-32H2,1-11H3,(H3,60,61,62). The summed E-state index contributed by atoms with van der Waals surface area (Å²) in [7, 11) is 2.72. The summed E-state index contributed by atoms with van der Waals surface area (Å²) >= 11 is 0. The molecule has 21 unspecified atom stereocenters. The summed E-state index contributed by atoms with van der Waals surface area (Å²) in [5, 5.41) is 127. The summed E-state index contributed by atoms with van der Waals surface area (Å²) in [5.41, 5.74) is 7.42. The van der Waals surface area contributed by atoms with Crippen molar-refractivity contribution in [3.05, 3.63) is 35.5 Å². The molecule has 0 aliphatic carbocycles. The van der Waals surface area contributed by atoms with Crippen LogP contribution in [0.3, 0.4) is 0 Å². The Morgan fingerprint density at radius 2 is 1.48 bits per heavy atom. The molecule has 14 N–H and O–H groups in total. The van der Waals surface area contributed by atoms with Crippen LogP contribution in [0.15, 0.2) is 40.4 Å². The lowest BCUT2D eigenvalue weighted by atomic mass is 9.83. The van der Waals surface area contributed by atoms with Gasteiger partial charge in [0.1, 0.15) is 24.7 Å². The van der Waals surface area contributed by atoms with Crippen LogP contribution >= 0.6 is 0 Å². The second kappa shape index (κ2) is 36.2. The molecule has 0 saturated carbocycles. The minimum atomic E-state index is -2.52. The predicted molar refractivity (Wildman–Crippen MR) is 302 cm³/mol. The van der Waals surface area contributed by atoms with Gasteiger partial charge in [-0.3, -0.25) is 19.4 Å². The number of carbonyl (C=O) groups is 3. The van der Waals surface area contributed by atoms with E-state index in [0.29, 0.717) is 30.8 Å². The lowest BCUT2D eigenvalue weighted by Gasteiger charge is -2.45. The average molecular weight is 1140 g/mol. The Labute approximate surface area is 475 Å². The summed E-state index contributed by atoms with van der Waals surface area (Å²) < 4.78 is 22.4. The van der Waals surface area contributed by atoms with Crippen molar-refractivity contribution >= 4 is 23.9 Å². The number of rotatable bonds is 12. The van der Waals surface area contributed by atoms with Crippen LogP contribution in [-0.4, -0.2) is 186 Å². The van der Waals surface area contributed by atoms with E-state index >= 15 is 0 Å². The van der Waals surface area contributed by atoms with Crippen LogP contribution in [0.2, 0.25) is 0 Å². The topological polar surface area (TPSA) is 361 Å². The maximum absolute atomic E-state index is 13.9. The zero-order valence-corrected chi connectivity index (χ0v) is 49.7. The first-order valence-corrected chi connectivity index (χ1v) is 29.1. The van der Waals surface area contributed by atoms with Crippen molar-refractivity contribution in [2.45, 2.75) is 250 Å². The molecule has 0 amide bonds. The molecule has 0 aromatic rings. The highest BCUT2D eigenvalue weighted by Crippen LogP contribution is 2.37. The third kappa shape index (κ3) is 25.1. The summed E-state index contributed by atoms with van der Waals surface area (Å²) in [6.07, 6.45) is -6.10. The Morgan fingerprint density at radius 1 is 0.812 bits per heavy atom. The van der Waals surface area contributed by atoms with Crippen molar-refractivity contribution in [1.82, 2.24) is 5.32 Å². The highest BCUT2D eigenvalue weighted by atomic mass is 16.7. The van der Waals surface area contributed by atoms with Crippen molar-refractivity contribution in [2.75, 3.05) is 20.7 Å². The normalized spacial score (nSPS) is 37.8. The first-order valence-electron chi connectivity index (χ1n) is 29.1. The molecular formula is C59H105N3O18. The highest BCUT2D eigenvalue weighted by molar-refractivity contribution is 5.91. The van der Waals surface area contributed by atoms with E-state index in [4.69, 9.17) is 19.9 Å². The van der Waals surface area contributed by atoms with Crippen molar-refractivity contribution in [3.8, 4) is 0 Å². The molecule has 21 heteroatoms. The first-order chi connectivity index (χ1) is 37.4. The van der Waals surface area contributed by atoms with E-state index in [1.807, 2.05) is 19.9 Å². The number of aliphatic hydroxyl groups excluding tert-OH is 10. The van der Waals surface area contributed by atoms with Gasteiger partial charge in [-0.15, -0.1) is 0 Å². The fraction of sp³-hybridized carbons (Fsp3) is 0.831. The fourth-order valence-corrected chi connectivity index (χ4v) is 10.6. The molecule has 2 bridgehead atoms. The summed E-state index contributed by atoms with van der Waals surface area (Å²) in [6, 6.07) is 0. The zero-order valence-electron chi connectivity index (χ0n) is 49.7. The van der Waals surface area contributed by atoms with Gasteiger partial charge in [-0.2, -0.15) is 0 Å². The third-order valence-electron chi connectivity index (χ3n) is 16.6. The van der Waals surface area contributed by atoms with Crippen LogP contribution in [0.5, 0.6) is 0 Å². The quantitative estimate of drug-likeness (QED) is 0.0253. The molecule has 464 valence electrons. The molecule has 1 fully saturated rings. The molecule has 80 heavy (non-hydrogen) atoms. The number of nitrogens with two attached hydrogens (primary N) is 1. The molecular weight excluding hydrogens is 1040 g/mol. The number of hydrogen-bond acceptors (Lipinski definition) is 19. The summed E-state index contributed by atoms with van der Waals surface area (Å²) in [5.74, 6) is -8.69. The Hall–Kier alpha value is -3.58. The Morgan fingerprint density at radius 3 is 2.12 bits per heavy atom. The number of hydrogen-bond donors (Lipinski definition) is 13. The number of methoxy groups -OCH3 is 1. The number of aliphatic imine (C=N–C) groups is 1. The number of guanidine groups is 1. The van der Waals surface area contributed by atoms with Crippen molar-refractivity contribution in [2.24, 2.45) is 52.2 Å². The molecule has 0 spiro atoms. The van der Waals surface area contributed by atoms with E-state index in [9.17, 15) is 70.6 Å². The van der Waals surface area contributed by atoms with Crippen molar-refractivity contribution in [3.63, 3.8) is 0 Å². The lowest BCUT2D eigenvalue weighted by Crippen LogP contribution is -2.60. The number of aliphatic hydroxyl groups is 11. The van der Waals surface area contributed by atoms with Crippen LogP contribution in [-0.2, 0) is 33.3 Å². The van der Waals surface area contributed by atoms with Gasteiger partial charge in [0.25, 0.3) is 0 Å². The number of nitrogens with zero attached hydrogens (tertiary/aromatic N) is 1. The maximum atomic E-state index is 13.9. The lowest BCUT2D eigenvalue weighted by molar-refractivity contribution is -0.333. The maximum Gasteiger partial charge on any atom is 0.317 e. The van der Waals surface area contributed by atoms with Gasteiger partial charge < -0.3 is 86.2 Å². The average Bonchev–Trinajstić information content (AvgIpc) is 3.39. The van der Waals surface area contributed by atoms with E-state index in [0.717, 1.165) is 44.9 Å². The minimum Gasteiger partial charge on any atom is -0.469 e. The number of esters is 3. The first kappa shape index (κ1) is 72.5. The molecule has 21 atom stereocenters. The molecule has 2 rings (SSSR count). The molecule has 0 aromatic heterocycles. The van der Waals surface area contributed by atoms with Crippen LogP contribution in [0.25, 0.3) is 0 Å². The Bertz CT molecular complexity index is 1960. The van der Waals surface area contributed by atoms with Crippen molar-refractivity contribution in [1.29, 1.82) is 0 Å². The molecule has 1 saturated heterocycles. The summed E-state index contributed by atoms with van der Waals surface area (Å²) in [6.45, 7) is 16.6. The molecule has 21 nitrogen and oxygen atoms in total. The van der Waals surface area contributed by atoms with Gasteiger partial charge in [0, 0.05) is 63.5 Å². The largest absolute Gasteiger partial charge is 0.469 e. The van der Waals surface area contributed by atoms with Gasteiger partial charge in [-0.1, -0.05) is 77.8 Å². The number of nitrogens with one attached hydrogen (secondary N) is 1. The molecule has 2 heterocycles. The van der Waals surface area contributed by atoms with Gasteiger partial charge in [-0.05, 0) is 102 Å². The Balaban J connectivity index is 2.48. The van der Waals surface area contributed by atoms with Crippen LogP contribution < -0.4 is 11.1 Å². The summed E-state index contributed by atoms with van der Waals surface area (Å²) in [4.78, 5) is 42.7. The van der Waals surface area contributed by atoms with E-state index in [-0.39, 0.29) is 56.8 Å². The van der Waals surface area contributed by atoms with Crippen molar-refractivity contribution < 1.29 is 89.5 Å². The van der Waals surface area contributed by atoms with Gasteiger partial charge in [0.15, 0.2) is 11.7 Å². The number of unbranched alkanes of at least 4 members (excludes halogenated alkanes) is 3. The van der Waals surface area contributed by atoms with E-state index in [1.54, 1.807) is 54.7 Å². The van der Waals surface area contributed by atoms with Gasteiger partial charge in [0.2, 0.25) is 0 Å². The third-order valence-corrected chi connectivity index (χ3v) is 16.6. The zero-order chi connectivity index (χ0) is 60.6. The van der Waals surface area contributed by atoms with Gasteiger partial charge in [0.05, 0.1) is 74.1 Å². The van der Waals surface area contributed by atoms with E-state index < -0.39 is 145 Å². The number of allylic oxidation sites excluding steroid dienone is 3. The second-order valence-electron chi connectivity index (χ2n) is 23.6. The van der Waals surface area contributed by atoms with E-state index in [1.165, 1.54) is 6.08 Å². The fourth-order valence-electron chi connectivity index (χ4n) is 10.6. The highest BCUT2D eigenvalue weighted by Gasteiger charge is 2.50. The number of cyclic esters (lactones) is 1. The van der Waals surface area contributed by atoms with E-state index in [2.05, 4.69) is 28.0 Å². The SMILES string of the molecule is CN=C(N)NCCCCCC=C(C)CC(C)C1OC(=O)C(C)C(O)C=CC(C)C(O)CC(O)C(C)C(O)CCC(C)C(O)CC2(O)OC(CC(OC(=O)CC(=O)OC)CC(O)CC(O)C(C)C(O)C(C)=CCCC1C)CC(O)C2O. The monoisotopic (exact) mass is 1140 g/mol. The second-order valence-corrected chi connectivity index (χ2v) is 23.6. The molecule has 0 radical (unpaired) electrons. The molecule has 0 aromatic carbocycles. The number of ether oxygens (including phenoxy) is 4. The predicted octanol–water partition coefficient (Wildman–Crippen LogP) is 3.37. The van der Waals surface area contributed by atoms with Gasteiger partial charge >= 0.3 is 17.9 Å². The smallest absolute Gasteiger partial charge is 0.317 e. The molecule has 2 aliphatic rings. The number of carbonyl (C=O) groups excluding carboxylic acids is 3. The number of fused-ring (bicyclic) bond motifs is 2. The van der Waals surface area contributed by atoms with Crippen LogP contribution in [0.4, 0.5) is 0 Å².